The Morgan fingerprint density at radius 2 is 1.84 bits per heavy atom. The number of benzene rings is 1. The van der Waals surface area contributed by atoms with Gasteiger partial charge in [0.2, 0.25) is 0 Å². The van der Waals surface area contributed by atoms with Gasteiger partial charge in [-0.1, -0.05) is 34.1 Å². The smallest absolute Gasteiger partial charge is 0.397 e. The van der Waals surface area contributed by atoms with Gasteiger partial charge in [0.1, 0.15) is 5.60 Å². The van der Waals surface area contributed by atoms with Crippen molar-refractivity contribution >= 4 is 27.8 Å². The normalized spacial score (nSPS) is 11.0. The summed E-state index contributed by atoms with van der Waals surface area (Å²) in [5.41, 5.74) is 0.267. The van der Waals surface area contributed by atoms with Crippen molar-refractivity contribution in [2.45, 2.75) is 32.9 Å². The molecule has 0 radical (unpaired) electrons. The summed E-state index contributed by atoms with van der Waals surface area (Å²) < 4.78 is 5.95. The van der Waals surface area contributed by atoms with E-state index in [1.54, 1.807) is 27.8 Å². The molecule has 1 amide bonds. The van der Waals surface area contributed by atoms with Gasteiger partial charge < -0.3 is 9.64 Å². The lowest BCUT2D eigenvalue weighted by molar-refractivity contribution is -0.167. The van der Waals surface area contributed by atoms with Crippen molar-refractivity contribution in [1.82, 2.24) is 4.90 Å². The van der Waals surface area contributed by atoms with Gasteiger partial charge in [0.15, 0.2) is 0 Å². The van der Waals surface area contributed by atoms with Crippen LogP contribution in [0, 0.1) is 0 Å². The Morgan fingerprint density at radius 1 is 1.26 bits per heavy atom. The number of likely N-dealkylation sites (N-methyl/N-ethyl adjacent to an activating group) is 1. The van der Waals surface area contributed by atoms with Crippen molar-refractivity contribution in [3.8, 4) is 0 Å². The summed E-state index contributed by atoms with van der Waals surface area (Å²) in [6.07, 6.45) is 0. The zero-order chi connectivity index (χ0) is 14.6. The number of hydrogen-bond donors (Lipinski definition) is 0. The average Bonchev–Trinajstić information content (AvgIpc) is 2.28. The number of nitrogens with zero attached hydrogens (tertiary/aromatic N) is 1. The zero-order valence-electron chi connectivity index (χ0n) is 11.6. The number of esters is 1. The summed E-state index contributed by atoms with van der Waals surface area (Å²) in [6.45, 7) is 5.53. The molecule has 19 heavy (non-hydrogen) atoms. The van der Waals surface area contributed by atoms with Gasteiger partial charge in [-0.3, -0.25) is 4.79 Å². The molecule has 0 heterocycles. The van der Waals surface area contributed by atoms with E-state index >= 15 is 0 Å². The molecular weight excluding hydrogens is 310 g/mol. The third kappa shape index (κ3) is 5.03. The summed E-state index contributed by atoms with van der Waals surface area (Å²) >= 11 is 3.41. The molecule has 4 nitrogen and oxygen atoms in total. The van der Waals surface area contributed by atoms with Crippen molar-refractivity contribution in [2.75, 3.05) is 7.05 Å². The molecule has 0 aliphatic rings. The molecular formula is C14H18BrNO3. The number of carbonyl (C=O) groups excluding carboxylic acids is 2. The molecule has 104 valence electrons. The van der Waals surface area contributed by atoms with E-state index in [-0.39, 0.29) is 0 Å². The van der Waals surface area contributed by atoms with Gasteiger partial charge in [0.05, 0.1) is 0 Å². The van der Waals surface area contributed by atoms with Gasteiger partial charge in [-0.15, -0.1) is 0 Å². The maximum Gasteiger partial charge on any atom is 0.397 e. The van der Waals surface area contributed by atoms with Crippen LogP contribution >= 0.6 is 15.9 Å². The van der Waals surface area contributed by atoms with E-state index in [0.717, 1.165) is 10.0 Å². The van der Waals surface area contributed by atoms with Crippen LogP contribution in [0.15, 0.2) is 28.7 Å². The van der Waals surface area contributed by atoms with Gasteiger partial charge in [-0.05, 0) is 32.4 Å². The topological polar surface area (TPSA) is 46.6 Å². The highest BCUT2D eigenvalue weighted by Crippen LogP contribution is 2.17. The van der Waals surface area contributed by atoms with E-state index in [9.17, 15) is 9.59 Å². The second-order valence-electron chi connectivity index (χ2n) is 5.25. The maximum atomic E-state index is 11.9. The zero-order valence-corrected chi connectivity index (χ0v) is 13.2. The molecule has 1 rings (SSSR count). The van der Waals surface area contributed by atoms with Crippen LogP contribution in [0.5, 0.6) is 0 Å². The minimum absolute atomic E-state index is 0.347. The van der Waals surface area contributed by atoms with Crippen LogP contribution in [-0.4, -0.2) is 29.4 Å². The number of ether oxygens (including phenoxy) is 1. The predicted octanol–water partition coefficient (Wildman–Crippen LogP) is 2.75. The van der Waals surface area contributed by atoms with E-state index in [2.05, 4.69) is 15.9 Å². The van der Waals surface area contributed by atoms with Crippen LogP contribution in [0.1, 0.15) is 26.3 Å². The largest absolute Gasteiger partial charge is 0.453 e. The predicted molar refractivity (Wildman–Crippen MR) is 76.5 cm³/mol. The average molecular weight is 328 g/mol. The molecule has 0 atom stereocenters. The molecule has 0 N–H and O–H groups in total. The third-order valence-corrected chi connectivity index (χ3v) is 3.06. The van der Waals surface area contributed by atoms with Crippen LogP contribution in [0.2, 0.25) is 0 Å². The van der Waals surface area contributed by atoms with Crippen molar-refractivity contribution in [3.63, 3.8) is 0 Å². The van der Waals surface area contributed by atoms with Crippen LogP contribution in [0.3, 0.4) is 0 Å². The maximum absolute atomic E-state index is 11.9. The Labute approximate surface area is 121 Å². The second-order valence-corrected chi connectivity index (χ2v) is 6.11. The quantitative estimate of drug-likeness (QED) is 0.619. The number of halogens is 1. The number of amides is 1. The number of hydrogen-bond acceptors (Lipinski definition) is 3. The van der Waals surface area contributed by atoms with Crippen molar-refractivity contribution < 1.29 is 14.3 Å². The van der Waals surface area contributed by atoms with Gasteiger partial charge in [0, 0.05) is 18.1 Å². The second kappa shape index (κ2) is 6.19. The van der Waals surface area contributed by atoms with Crippen LogP contribution in [0.25, 0.3) is 0 Å². The highest BCUT2D eigenvalue weighted by atomic mass is 79.9. The van der Waals surface area contributed by atoms with Gasteiger partial charge >= 0.3 is 11.9 Å². The molecule has 0 fully saturated rings. The first-order chi connectivity index (χ1) is 8.70. The summed E-state index contributed by atoms with van der Waals surface area (Å²) in [5, 5.41) is 0. The molecule has 1 aromatic carbocycles. The molecule has 0 bridgehead atoms. The summed E-state index contributed by atoms with van der Waals surface area (Å²) in [4.78, 5) is 24.9. The van der Waals surface area contributed by atoms with Crippen LogP contribution < -0.4 is 0 Å². The first-order valence-corrected chi connectivity index (χ1v) is 6.72. The van der Waals surface area contributed by atoms with E-state index in [0.29, 0.717) is 6.54 Å². The summed E-state index contributed by atoms with van der Waals surface area (Å²) in [5.74, 6) is -1.48. The molecule has 0 aliphatic carbocycles. The van der Waals surface area contributed by atoms with Crippen molar-refractivity contribution in [2.24, 2.45) is 0 Å². The Hall–Kier alpha value is -1.36. The lowest BCUT2D eigenvalue weighted by Crippen LogP contribution is -2.38. The Morgan fingerprint density at radius 3 is 2.37 bits per heavy atom. The molecule has 0 saturated carbocycles. The highest BCUT2D eigenvalue weighted by Gasteiger charge is 2.25. The Bertz CT molecular complexity index is 480. The minimum Gasteiger partial charge on any atom is -0.453 e. The molecule has 1 aromatic rings. The molecule has 0 saturated heterocycles. The van der Waals surface area contributed by atoms with Crippen LogP contribution in [-0.2, 0) is 20.9 Å². The van der Waals surface area contributed by atoms with E-state index in [1.807, 2.05) is 24.3 Å². The fraction of sp³-hybridized carbons (Fsp3) is 0.429. The molecule has 0 aromatic heterocycles. The van der Waals surface area contributed by atoms with Crippen LogP contribution in [0.4, 0.5) is 0 Å². The minimum atomic E-state index is -0.831. The highest BCUT2D eigenvalue weighted by molar-refractivity contribution is 9.10. The third-order valence-electron chi connectivity index (χ3n) is 2.29. The van der Waals surface area contributed by atoms with Crippen molar-refractivity contribution in [3.05, 3.63) is 34.3 Å². The Kier molecular flexibility index (Phi) is 5.11. The lowest BCUT2D eigenvalue weighted by atomic mass is 10.2. The number of rotatable bonds is 2. The molecule has 0 unspecified atom stereocenters. The summed E-state index contributed by atoms with van der Waals surface area (Å²) in [6, 6.07) is 7.55. The number of carbonyl (C=O) groups is 2. The SMILES string of the molecule is CN(Cc1ccccc1Br)C(=O)C(=O)OC(C)(C)C. The van der Waals surface area contributed by atoms with Crippen molar-refractivity contribution in [1.29, 1.82) is 0 Å². The lowest BCUT2D eigenvalue weighted by Gasteiger charge is -2.22. The van der Waals surface area contributed by atoms with E-state index < -0.39 is 17.5 Å². The van der Waals surface area contributed by atoms with Gasteiger partial charge in [-0.25, -0.2) is 4.79 Å². The molecule has 0 aliphatic heterocycles. The summed E-state index contributed by atoms with van der Waals surface area (Å²) in [7, 11) is 1.58. The Balaban J connectivity index is 2.68. The fourth-order valence-corrected chi connectivity index (χ4v) is 1.84. The standard InChI is InChI=1S/C14H18BrNO3/c1-14(2,3)19-13(18)12(17)16(4)9-10-7-5-6-8-11(10)15/h5-8H,9H2,1-4H3. The van der Waals surface area contributed by atoms with E-state index in [4.69, 9.17) is 4.74 Å². The van der Waals surface area contributed by atoms with E-state index in [1.165, 1.54) is 4.90 Å². The van der Waals surface area contributed by atoms with Gasteiger partial charge in [0.25, 0.3) is 0 Å². The first-order valence-electron chi connectivity index (χ1n) is 5.92. The first kappa shape index (κ1) is 15.7. The fourth-order valence-electron chi connectivity index (χ4n) is 1.43. The monoisotopic (exact) mass is 327 g/mol. The molecule has 5 heteroatoms. The molecule has 0 spiro atoms. The van der Waals surface area contributed by atoms with Gasteiger partial charge in [-0.2, -0.15) is 0 Å².